The van der Waals surface area contributed by atoms with Gasteiger partial charge in [-0.05, 0) is 82.8 Å². The van der Waals surface area contributed by atoms with Crippen molar-refractivity contribution in [2.45, 2.75) is 107 Å². The number of ketones is 1. The minimum absolute atomic E-state index is 0.00528. The molecule has 3 nitrogen and oxygen atoms in total. The molecular formula is C40H56O3. The van der Waals surface area contributed by atoms with E-state index in [0.29, 0.717) is 12.8 Å². The highest BCUT2D eigenvalue weighted by molar-refractivity contribution is 5.95. The van der Waals surface area contributed by atoms with E-state index in [0.717, 1.165) is 29.6 Å². The molecule has 0 aromatic carbocycles. The summed E-state index contributed by atoms with van der Waals surface area (Å²) in [6.07, 6.45) is 30.6. The van der Waals surface area contributed by atoms with E-state index in [1.807, 2.05) is 50.3 Å². The largest absolute Gasteiger partial charge is 0.393 e. The molecule has 2 N–H and O–H groups in total. The SMILES string of the molecule is CC1=C(\C=C/C(C)=C/C=C/C(C)=C/C=C/C=C(C)\C=C\C=C(C)\C=C/C(=O)[C@]2(C)C[C@H](O)CC2(C)C)C(C)(C)C[C@@H](O)C1. The lowest BCUT2D eigenvalue weighted by molar-refractivity contribution is -0.127. The molecule has 0 aromatic heterocycles. The minimum Gasteiger partial charge on any atom is -0.393 e. The van der Waals surface area contributed by atoms with Crippen molar-refractivity contribution in [3.05, 3.63) is 119 Å². The third kappa shape index (κ3) is 10.9. The Kier molecular flexibility index (Phi) is 13.2. The lowest BCUT2D eigenvalue weighted by atomic mass is 9.66. The van der Waals surface area contributed by atoms with E-state index in [2.05, 4.69) is 97.9 Å². The summed E-state index contributed by atoms with van der Waals surface area (Å²) < 4.78 is 0. The molecule has 234 valence electrons. The second kappa shape index (κ2) is 15.6. The Morgan fingerprint density at radius 1 is 0.651 bits per heavy atom. The Morgan fingerprint density at radius 2 is 1.14 bits per heavy atom. The maximum absolute atomic E-state index is 12.9. The first kappa shape index (κ1) is 36.2. The lowest BCUT2D eigenvalue weighted by Crippen LogP contribution is -2.36. The van der Waals surface area contributed by atoms with E-state index in [9.17, 15) is 15.0 Å². The topological polar surface area (TPSA) is 57.5 Å². The number of carbonyl (C=O) groups is 1. The first-order valence-electron chi connectivity index (χ1n) is 15.7. The molecule has 0 aliphatic heterocycles. The van der Waals surface area contributed by atoms with Crippen LogP contribution in [0.3, 0.4) is 0 Å². The van der Waals surface area contributed by atoms with Crippen LogP contribution in [0.2, 0.25) is 0 Å². The van der Waals surface area contributed by atoms with Gasteiger partial charge in [-0.15, -0.1) is 0 Å². The van der Waals surface area contributed by atoms with Crippen LogP contribution in [0.4, 0.5) is 0 Å². The Hall–Kier alpha value is -3.01. The van der Waals surface area contributed by atoms with Gasteiger partial charge in [0.1, 0.15) is 0 Å². The average molecular weight is 585 g/mol. The summed E-state index contributed by atoms with van der Waals surface area (Å²) >= 11 is 0. The van der Waals surface area contributed by atoms with Crippen LogP contribution in [-0.2, 0) is 4.79 Å². The van der Waals surface area contributed by atoms with Crippen molar-refractivity contribution in [2.75, 3.05) is 0 Å². The number of carbonyl (C=O) groups excluding carboxylic acids is 1. The highest BCUT2D eigenvalue weighted by Gasteiger charge is 2.52. The molecule has 3 heteroatoms. The van der Waals surface area contributed by atoms with Crippen molar-refractivity contribution >= 4 is 5.78 Å². The van der Waals surface area contributed by atoms with Crippen LogP contribution in [0.15, 0.2) is 119 Å². The zero-order valence-electron chi connectivity index (χ0n) is 28.4. The molecule has 43 heavy (non-hydrogen) atoms. The predicted octanol–water partition coefficient (Wildman–Crippen LogP) is 9.81. The second-order valence-corrected chi connectivity index (χ2v) is 14.2. The van der Waals surface area contributed by atoms with Crippen LogP contribution in [0.5, 0.6) is 0 Å². The van der Waals surface area contributed by atoms with E-state index in [1.165, 1.54) is 16.7 Å². The number of hydrogen-bond acceptors (Lipinski definition) is 3. The van der Waals surface area contributed by atoms with E-state index in [1.54, 1.807) is 6.08 Å². The van der Waals surface area contributed by atoms with Crippen molar-refractivity contribution in [3.8, 4) is 0 Å². The summed E-state index contributed by atoms with van der Waals surface area (Å²) in [7, 11) is 0. The van der Waals surface area contributed by atoms with Gasteiger partial charge >= 0.3 is 0 Å². The molecule has 0 radical (unpaired) electrons. The predicted molar refractivity (Wildman–Crippen MR) is 185 cm³/mol. The highest BCUT2D eigenvalue weighted by Crippen LogP contribution is 2.53. The summed E-state index contributed by atoms with van der Waals surface area (Å²) in [5.41, 5.74) is 6.34. The molecule has 2 aliphatic carbocycles. The van der Waals surface area contributed by atoms with E-state index in [4.69, 9.17) is 0 Å². The molecule has 2 rings (SSSR count). The van der Waals surface area contributed by atoms with Crippen LogP contribution < -0.4 is 0 Å². The van der Waals surface area contributed by atoms with Crippen LogP contribution in [0.1, 0.15) is 94.9 Å². The quantitative estimate of drug-likeness (QED) is 0.188. The fraction of sp³-hybridized carbons (Fsp3) is 0.475. The zero-order valence-corrected chi connectivity index (χ0v) is 28.4. The second-order valence-electron chi connectivity index (χ2n) is 14.2. The van der Waals surface area contributed by atoms with Crippen LogP contribution in [0, 0.1) is 16.2 Å². The Bertz CT molecular complexity index is 1310. The van der Waals surface area contributed by atoms with Gasteiger partial charge in [-0.1, -0.05) is 141 Å². The first-order valence-corrected chi connectivity index (χ1v) is 15.7. The summed E-state index contributed by atoms with van der Waals surface area (Å²) in [5.74, 6) is 0.0853. The number of hydrogen-bond donors (Lipinski definition) is 2. The van der Waals surface area contributed by atoms with Crippen molar-refractivity contribution < 1.29 is 15.0 Å². The van der Waals surface area contributed by atoms with Gasteiger partial charge < -0.3 is 10.2 Å². The van der Waals surface area contributed by atoms with Crippen LogP contribution in [-0.4, -0.2) is 28.2 Å². The average Bonchev–Trinajstić information content (AvgIpc) is 3.10. The minimum atomic E-state index is -0.532. The van der Waals surface area contributed by atoms with E-state index < -0.39 is 11.5 Å². The zero-order chi connectivity index (χ0) is 32.4. The summed E-state index contributed by atoms with van der Waals surface area (Å²) in [6.45, 7) is 20.9. The molecule has 2 aliphatic rings. The standard InChI is InChI=1S/C40H56O3/c1-29(17-13-19-31(3)21-23-36-33(5)25-34(41)26-38(36,6)7)15-11-12-16-30(2)18-14-20-32(4)22-24-37(43)40(10)28-35(42)27-39(40,8)9/h11-24,34-35,41-42H,25-28H2,1-10H3/b12-11+,17-13+,18-14+,23-21-,24-22-,29-15+,30-16-,31-19+,32-20+/t34-,35+,40-/m0/s1. The maximum Gasteiger partial charge on any atom is 0.162 e. The number of aliphatic hydroxyl groups is 2. The van der Waals surface area contributed by atoms with Gasteiger partial charge in [0.05, 0.1) is 12.2 Å². The van der Waals surface area contributed by atoms with Crippen molar-refractivity contribution in [3.63, 3.8) is 0 Å². The molecule has 0 aromatic rings. The fourth-order valence-corrected chi connectivity index (χ4v) is 6.19. The van der Waals surface area contributed by atoms with Gasteiger partial charge in [0, 0.05) is 5.41 Å². The van der Waals surface area contributed by atoms with Gasteiger partial charge in [0.25, 0.3) is 0 Å². The normalized spacial score (nSPS) is 27.7. The summed E-state index contributed by atoms with van der Waals surface area (Å²) in [4.78, 5) is 12.9. The number of rotatable bonds is 11. The molecule has 3 atom stereocenters. The van der Waals surface area contributed by atoms with Crippen LogP contribution >= 0.6 is 0 Å². The van der Waals surface area contributed by atoms with Crippen molar-refractivity contribution in [2.24, 2.45) is 16.2 Å². The van der Waals surface area contributed by atoms with Gasteiger partial charge in [0.15, 0.2) is 5.78 Å². The van der Waals surface area contributed by atoms with Gasteiger partial charge in [0.2, 0.25) is 0 Å². The fourth-order valence-electron chi connectivity index (χ4n) is 6.19. The van der Waals surface area contributed by atoms with Crippen molar-refractivity contribution in [1.82, 2.24) is 0 Å². The van der Waals surface area contributed by atoms with Gasteiger partial charge in [-0.2, -0.15) is 0 Å². The molecule has 0 spiro atoms. The van der Waals surface area contributed by atoms with Gasteiger partial charge in [-0.25, -0.2) is 0 Å². The molecule has 0 bridgehead atoms. The third-order valence-electron chi connectivity index (χ3n) is 9.18. The molecule has 0 saturated heterocycles. The Morgan fingerprint density at radius 3 is 1.63 bits per heavy atom. The molecule has 1 fully saturated rings. The first-order chi connectivity index (χ1) is 20.0. The lowest BCUT2D eigenvalue weighted by Gasteiger charge is -2.35. The summed E-state index contributed by atoms with van der Waals surface area (Å²) in [6, 6.07) is 0. The third-order valence-corrected chi connectivity index (χ3v) is 9.18. The number of allylic oxidation sites excluding steroid dienone is 19. The Balaban J connectivity index is 1.89. The molecule has 1 saturated carbocycles. The molecule has 0 unspecified atom stereocenters. The summed E-state index contributed by atoms with van der Waals surface area (Å²) in [5, 5.41) is 20.2. The Labute approximate surface area is 262 Å². The van der Waals surface area contributed by atoms with E-state index in [-0.39, 0.29) is 22.7 Å². The monoisotopic (exact) mass is 584 g/mol. The number of aliphatic hydroxyl groups excluding tert-OH is 2. The van der Waals surface area contributed by atoms with Crippen molar-refractivity contribution in [1.29, 1.82) is 0 Å². The van der Waals surface area contributed by atoms with E-state index >= 15 is 0 Å². The maximum atomic E-state index is 12.9. The molecule has 0 amide bonds. The molecular weight excluding hydrogens is 528 g/mol. The van der Waals surface area contributed by atoms with Gasteiger partial charge in [-0.3, -0.25) is 4.79 Å². The smallest absolute Gasteiger partial charge is 0.162 e. The highest BCUT2D eigenvalue weighted by atomic mass is 16.3. The van der Waals surface area contributed by atoms with Crippen LogP contribution in [0.25, 0.3) is 0 Å². The molecule has 0 heterocycles.